The molecule has 0 radical (unpaired) electrons. The number of benzene rings is 3. The molecule has 1 heterocycles. The molecule has 0 aliphatic heterocycles. The standard InChI is InChI=1S/C27H28N6O/c1-19-9-13-24(14-10-19)33-27(28-29-30-33)25(18-31(2)3)26(34)22-8-6-7-21(17-22)20-11-15-23(16-12-20)32(4)5/h6-18H,1-5H3. The summed E-state index contributed by atoms with van der Waals surface area (Å²) >= 11 is 0. The fourth-order valence-electron chi connectivity index (χ4n) is 3.64. The summed E-state index contributed by atoms with van der Waals surface area (Å²) in [5.74, 6) is 0.243. The molecule has 0 saturated heterocycles. The van der Waals surface area contributed by atoms with Crippen molar-refractivity contribution in [2.45, 2.75) is 6.92 Å². The number of rotatable bonds is 7. The van der Waals surface area contributed by atoms with Gasteiger partial charge in [-0.05, 0) is 58.8 Å². The minimum atomic E-state index is -0.149. The van der Waals surface area contributed by atoms with Crippen molar-refractivity contribution in [1.82, 2.24) is 25.1 Å². The Balaban J connectivity index is 1.72. The van der Waals surface area contributed by atoms with Crippen molar-refractivity contribution < 1.29 is 4.79 Å². The van der Waals surface area contributed by atoms with Gasteiger partial charge >= 0.3 is 0 Å². The van der Waals surface area contributed by atoms with Crippen LogP contribution < -0.4 is 4.90 Å². The number of allylic oxidation sites excluding steroid dienone is 1. The second kappa shape index (κ2) is 9.70. The maximum atomic E-state index is 13.7. The highest BCUT2D eigenvalue weighted by molar-refractivity contribution is 6.28. The van der Waals surface area contributed by atoms with E-state index in [1.807, 2.05) is 88.5 Å². The fourth-order valence-corrected chi connectivity index (χ4v) is 3.64. The smallest absolute Gasteiger partial charge is 0.198 e. The van der Waals surface area contributed by atoms with Gasteiger partial charge in [-0.25, -0.2) is 0 Å². The molecule has 0 N–H and O–H groups in total. The molecular formula is C27H28N6O. The second-order valence-electron chi connectivity index (χ2n) is 8.61. The van der Waals surface area contributed by atoms with Crippen LogP contribution in [0.2, 0.25) is 0 Å². The third-order valence-electron chi connectivity index (χ3n) is 5.46. The van der Waals surface area contributed by atoms with Crippen LogP contribution in [-0.4, -0.2) is 59.1 Å². The molecule has 0 atom stereocenters. The molecule has 4 aromatic rings. The third-order valence-corrected chi connectivity index (χ3v) is 5.46. The number of Topliss-reactive ketones (excluding diaryl/α,β-unsaturated/α-hetero) is 1. The first kappa shape index (κ1) is 22.9. The molecule has 0 fully saturated rings. The Morgan fingerprint density at radius 2 is 1.59 bits per heavy atom. The first-order chi connectivity index (χ1) is 16.3. The Bertz CT molecular complexity index is 1320. The number of hydrogen-bond donors (Lipinski definition) is 0. The van der Waals surface area contributed by atoms with Crippen LogP contribution in [0.4, 0.5) is 5.69 Å². The molecule has 0 aliphatic carbocycles. The lowest BCUT2D eigenvalue weighted by Crippen LogP contribution is -2.13. The van der Waals surface area contributed by atoms with E-state index < -0.39 is 0 Å². The van der Waals surface area contributed by atoms with E-state index in [-0.39, 0.29) is 5.78 Å². The maximum absolute atomic E-state index is 13.7. The van der Waals surface area contributed by atoms with E-state index in [0.717, 1.165) is 28.1 Å². The van der Waals surface area contributed by atoms with Gasteiger partial charge in [0.05, 0.1) is 11.3 Å². The molecule has 4 rings (SSSR count). The van der Waals surface area contributed by atoms with Gasteiger partial charge in [0.25, 0.3) is 0 Å². The number of carbonyl (C=O) groups is 1. The first-order valence-electron chi connectivity index (χ1n) is 11.0. The number of tetrazole rings is 1. The summed E-state index contributed by atoms with van der Waals surface area (Å²) in [7, 11) is 7.76. The predicted molar refractivity (Wildman–Crippen MR) is 136 cm³/mol. The highest BCUT2D eigenvalue weighted by Crippen LogP contribution is 2.26. The lowest BCUT2D eigenvalue weighted by atomic mass is 9.98. The normalized spacial score (nSPS) is 11.4. The van der Waals surface area contributed by atoms with Gasteiger partial charge < -0.3 is 9.80 Å². The van der Waals surface area contributed by atoms with E-state index in [0.29, 0.717) is 17.0 Å². The van der Waals surface area contributed by atoms with Crippen molar-refractivity contribution in [3.05, 3.63) is 95.9 Å². The summed E-state index contributed by atoms with van der Waals surface area (Å²) < 4.78 is 1.59. The van der Waals surface area contributed by atoms with Crippen molar-refractivity contribution in [2.75, 3.05) is 33.1 Å². The van der Waals surface area contributed by atoms with Crippen molar-refractivity contribution in [3.8, 4) is 16.8 Å². The Morgan fingerprint density at radius 1 is 0.882 bits per heavy atom. The Labute approximate surface area is 199 Å². The van der Waals surface area contributed by atoms with Gasteiger partial charge in [-0.2, -0.15) is 4.68 Å². The summed E-state index contributed by atoms with van der Waals surface area (Å²) in [6, 6.07) is 23.8. The third kappa shape index (κ3) is 4.88. The van der Waals surface area contributed by atoms with Crippen LogP contribution in [0.25, 0.3) is 22.4 Å². The monoisotopic (exact) mass is 452 g/mol. The van der Waals surface area contributed by atoms with Gasteiger partial charge in [-0.3, -0.25) is 4.79 Å². The van der Waals surface area contributed by atoms with Gasteiger partial charge in [0, 0.05) is 45.6 Å². The summed E-state index contributed by atoms with van der Waals surface area (Å²) in [5, 5.41) is 12.2. The minimum absolute atomic E-state index is 0.149. The molecule has 7 nitrogen and oxygen atoms in total. The van der Waals surface area contributed by atoms with Gasteiger partial charge in [-0.15, -0.1) is 5.10 Å². The average molecular weight is 453 g/mol. The lowest BCUT2D eigenvalue weighted by molar-refractivity contribution is 0.105. The van der Waals surface area contributed by atoms with E-state index in [1.165, 1.54) is 0 Å². The Hall–Kier alpha value is -4.26. The summed E-state index contributed by atoms with van der Waals surface area (Å²) in [6.07, 6.45) is 1.76. The molecule has 0 bridgehead atoms. The number of hydrogen-bond acceptors (Lipinski definition) is 6. The molecule has 0 amide bonds. The molecular weight excluding hydrogens is 424 g/mol. The van der Waals surface area contributed by atoms with E-state index in [4.69, 9.17) is 0 Å². The molecule has 34 heavy (non-hydrogen) atoms. The molecule has 0 spiro atoms. The summed E-state index contributed by atoms with van der Waals surface area (Å²) in [6.45, 7) is 2.02. The highest BCUT2D eigenvalue weighted by Gasteiger charge is 2.22. The summed E-state index contributed by atoms with van der Waals surface area (Å²) in [5.41, 5.74) is 6.04. The van der Waals surface area contributed by atoms with Crippen molar-refractivity contribution in [3.63, 3.8) is 0 Å². The Kier molecular flexibility index (Phi) is 6.54. The predicted octanol–water partition coefficient (Wildman–Crippen LogP) is 4.49. The van der Waals surface area contributed by atoms with Crippen LogP contribution >= 0.6 is 0 Å². The number of nitrogens with zero attached hydrogens (tertiary/aromatic N) is 6. The highest BCUT2D eigenvalue weighted by atomic mass is 16.1. The van der Waals surface area contributed by atoms with E-state index in [1.54, 1.807) is 10.9 Å². The summed E-state index contributed by atoms with van der Waals surface area (Å²) in [4.78, 5) is 17.6. The van der Waals surface area contributed by atoms with Crippen molar-refractivity contribution >= 4 is 17.0 Å². The zero-order valence-corrected chi connectivity index (χ0v) is 20.1. The topological polar surface area (TPSA) is 67.2 Å². The fraction of sp³-hybridized carbons (Fsp3) is 0.185. The number of ketones is 1. The van der Waals surface area contributed by atoms with Crippen LogP contribution in [0.1, 0.15) is 21.7 Å². The van der Waals surface area contributed by atoms with Crippen LogP contribution in [0.5, 0.6) is 0 Å². The zero-order chi connectivity index (χ0) is 24.2. The van der Waals surface area contributed by atoms with Gasteiger partial charge in [0.15, 0.2) is 11.6 Å². The molecule has 172 valence electrons. The first-order valence-corrected chi connectivity index (χ1v) is 11.0. The van der Waals surface area contributed by atoms with Gasteiger partial charge in [-0.1, -0.05) is 48.0 Å². The maximum Gasteiger partial charge on any atom is 0.198 e. The molecule has 1 aromatic heterocycles. The van der Waals surface area contributed by atoms with E-state index in [2.05, 4.69) is 44.7 Å². The van der Waals surface area contributed by atoms with Crippen LogP contribution in [0.3, 0.4) is 0 Å². The number of aryl methyl sites for hydroxylation is 1. The molecule has 0 unspecified atom stereocenters. The van der Waals surface area contributed by atoms with Crippen molar-refractivity contribution in [2.24, 2.45) is 0 Å². The second-order valence-corrected chi connectivity index (χ2v) is 8.61. The minimum Gasteiger partial charge on any atom is -0.383 e. The molecule has 0 aliphatic rings. The van der Waals surface area contributed by atoms with Crippen LogP contribution in [-0.2, 0) is 0 Å². The molecule has 7 heteroatoms. The quantitative estimate of drug-likeness (QED) is 0.304. The average Bonchev–Trinajstić information content (AvgIpc) is 3.32. The van der Waals surface area contributed by atoms with Gasteiger partial charge in [0.2, 0.25) is 0 Å². The lowest BCUT2D eigenvalue weighted by Gasteiger charge is -2.14. The van der Waals surface area contributed by atoms with E-state index in [9.17, 15) is 4.79 Å². The Morgan fingerprint density at radius 3 is 2.24 bits per heavy atom. The number of carbonyl (C=O) groups excluding carboxylic acids is 1. The number of aromatic nitrogens is 4. The van der Waals surface area contributed by atoms with Crippen LogP contribution in [0.15, 0.2) is 79.0 Å². The SMILES string of the molecule is Cc1ccc(-n2nnnc2C(=CN(C)C)C(=O)c2cccc(-c3ccc(N(C)C)cc3)c2)cc1. The van der Waals surface area contributed by atoms with Crippen LogP contribution in [0, 0.1) is 6.92 Å². The van der Waals surface area contributed by atoms with Crippen molar-refractivity contribution in [1.29, 1.82) is 0 Å². The van der Waals surface area contributed by atoms with E-state index >= 15 is 0 Å². The molecule has 3 aromatic carbocycles. The van der Waals surface area contributed by atoms with Gasteiger partial charge in [0.1, 0.15) is 0 Å². The number of anilines is 1. The molecule has 0 saturated carbocycles. The largest absolute Gasteiger partial charge is 0.383 e. The zero-order valence-electron chi connectivity index (χ0n) is 20.1.